The summed E-state index contributed by atoms with van der Waals surface area (Å²) < 4.78 is 45.5. The topological polar surface area (TPSA) is 76.7 Å². The molecule has 2 atom stereocenters. The van der Waals surface area contributed by atoms with Crippen LogP contribution in [0.5, 0.6) is 5.75 Å². The molecule has 2 amide bonds. The second-order valence-electron chi connectivity index (χ2n) is 4.61. The van der Waals surface area contributed by atoms with E-state index in [2.05, 4.69) is 15.4 Å². The first-order valence-electron chi connectivity index (χ1n) is 6.35. The van der Waals surface area contributed by atoms with Gasteiger partial charge in [0.1, 0.15) is 17.9 Å². The highest BCUT2D eigenvalue weighted by Gasteiger charge is 2.36. The van der Waals surface area contributed by atoms with Crippen LogP contribution in [0.2, 0.25) is 0 Å². The van der Waals surface area contributed by atoms with E-state index in [1.807, 2.05) is 0 Å². The minimum absolute atomic E-state index is 0.158. The van der Waals surface area contributed by atoms with E-state index < -0.39 is 36.3 Å². The first-order valence-corrected chi connectivity index (χ1v) is 6.35. The van der Waals surface area contributed by atoms with E-state index in [4.69, 9.17) is 4.74 Å². The second-order valence-corrected chi connectivity index (χ2v) is 4.61. The number of alkyl carbamates (subject to hydrolysis) is 1. The second kappa shape index (κ2) is 6.12. The molecule has 2 N–H and O–H groups in total. The van der Waals surface area contributed by atoms with Gasteiger partial charge in [0.25, 0.3) is 0 Å². The molecule has 6 nitrogen and oxygen atoms in total. The van der Waals surface area contributed by atoms with Crippen LogP contribution >= 0.6 is 0 Å². The standard InChI is InChI=1S/C13H13F3N2O4/c1-7-10(18-12(20)21-7)11(19)17-6-8-4-2-3-5-9(8)22-13(14,15)16/h2-5,7,10H,6H2,1H3,(H,17,19)(H,18,20)/t7-,10+/m0/s1. The Bertz CT molecular complexity index is 577. The van der Waals surface area contributed by atoms with Crippen molar-refractivity contribution >= 4 is 12.0 Å². The zero-order valence-electron chi connectivity index (χ0n) is 11.4. The zero-order valence-corrected chi connectivity index (χ0v) is 11.4. The highest BCUT2D eigenvalue weighted by Crippen LogP contribution is 2.26. The van der Waals surface area contributed by atoms with Gasteiger partial charge in [0, 0.05) is 12.1 Å². The molecule has 1 aliphatic rings. The lowest BCUT2D eigenvalue weighted by atomic mass is 10.1. The molecule has 0 radical (unpaired) electrons. The van der Waals surface area contributed by atoms with Crippen LogP contribution in [0.1, 0.15) is 12.5 Å². The Balaban J connectivity index is 2.00. The number of hydrogen-bond acceptors (Lipinski definition) is 4. The van der Waals surface area contributed by atoms with Crippen LogP contribution in [0.4, 0.5) is 18.0 Å². The lowest BCUT2D eigenvalue weighted by Crippen LogP contribution is -2.45. The number of benzene rings is 1. The Hall–Kier alpha value is -2.45. The zero-order chi connectivity index (χ0) is 16.3. The third-order valence-electron chi connectivity index (χ3n) is 2.97. The molecule has 1 heterocycles. The van der Waals surface area contributed by atoms with E-state index in [0.29, 0.717) is 0 Å². The lowest BCUT2D eigenvalue weighted by molar-refractivity contribution is -0.274. The molecular weight excluding hydrogens is 305 g/mol. The van der Waals surface area contributed by atoms with Crippen molar-refractivity contribution in [1.82, 2.24) is 10.6 Å². The molecule has 0 aliphatic carbocycles. The normalized spacial score (nSPS) is 21.0. The number of para-hydroxylation sites is 1. The van der Waals surface area contributed by atoms with Crippen molar-refractivity contribution in [2.75, 3.05) is 0 Å². The molecule has 1 fully saturated rings. The van der Waals surface area contributed by atoms with Crippen molar-refractivity contribution in [2.45, 2.75) is 32.0 Å². The van der Waals surface area contributed by atoms with Crippen LogP contribution in [0.15, 0.2) is 24.3 Å². The van der Waals surface area contributed by atoms with Gasteiger partial charge in [-0.1, -0.05) is 18.2 Å². The summed E-state index contributed by atoms with van der Waals surface area (Å²) in [6.45, 7) is 1.35. The van der Waals surface area contributed by atoms with Crippen molar-refractivity contribution in [2.24, 2.45) is 0 Å². The first-order chi connectivity index (χ1) is 10.3. The Morgan fingerprint density at radius 1 is 1.41 bits per heavy atom. The van der Waals surface area contributed by atoms with Gasteiger partial charge < -0.3 is 20.1 Å². The summed E-state index contributed by atoms with van der Waals surface area (Å²) in [5, 5.41) is 4.75. The Labute approximate surface area is 123 Å². The van der Waals surface area contributed by atoms with Crippen molar-refractivity contribution in [1.29, 1.82) is 0 Å². The number of alkyl halides is 3. The van der Waals surface area contributed by atoms with Crippen LogP contribution in [-0.4, -0.2) is 30.5 Å². The minimum Gasteiger partial charge on any atom is -0.444 e. The number of amides is 2. The average molecular weight is 318 g/mol. The molecular formula is C13H13F3N2O4. The van der Waals surface area contributed by atoms with E-state index in [0.717, 1.165) is 6.07 Å². The molecule has 2 rings (SSSR count). The number of carbonyl (C=O) groups excluding carboxylic acids is 2. The fraction of sp³-hybridized carbons (Fsp3) is 0.385. The molecule has 0 aromatic heterocycles. The maximum atomic E-state index is 12.3. The number of hydrogen-bond donors (Lipinski definition) is 2. The van der Waals surface area contributed by atoms with Gasteiger partial charge in [0.2, 0.25) is 5.91 Å². The van der Waals surface area contributed by atoms with Crippen molar-refractivity contribution in [3.63, 3.8) is 0 Å². The fourth-order valence-electron chi connectivity index (χ4n) is 1.96. The van der Waals surface area contributed by atoms with Gasteiger partial charge >= 0.3 is 12.5 Å². The van der Waals surface area contributed by atoms with E-state index in [-0.39, 0.29) is 12.1 Å². The fourth-order valence-corrected chi connectivity index (χ4v) is 1.96. The maximum absolute atomic E-state index is 12.3. The molecule has 0 bridgehead atoms. The van der Waals surface area contributed by atoms with E-state index in [9.17, 15) is 22.8 Å². The molecule has 120 valence electrons. The quantitative estimate of drug-likeness (QED) is 0.886. The number of carbonyl (C=O) groups is 2. The summed E-state index contributed by atoms with van der Waals surface area (Å²) in [7, 11) is 0. The smallest absolute Gasteiger partial charge is 0.444 e. The summed E-state index contributed by atoms with van der Waals surface area (Å²) in [5.41, 5.74) is 0.158. The Kier molecular flexibility index (Phi) is 4.43. The highest BCUT2D eigenvalue weighted by molar-refractivity contribution is 5.88. The number of rotatable bonds is 4. The maximum Gasteiger partial charge on any atom is 0.573 e. The summed E-state index contributed by atoms with van der Waals surface area (Å²) in [6.07, 6.45) is -6.19. The molecule has 0 saturated carbocycles. The number of ether oxygens (including phenoxy) is 2. The summed E-state index contributed by atoms with van der Waals surface area (Å²) in [6, 6.07) is 4.57. The minimum atomic E-state index is -4.82. The highest BCUT2D eigenvalue weighted by atomic mass is 19.4. The van der Waals surface area contributed by atoms with Crippen molar-refractivity contribution < 1.29 is 32.2 Å². The number of cyclic esters (lactones) is 1. The molecule has 1 aromatic carbocycles. The van der Waals surface area contributed by atoms with Gasteiger partial charge in [0.05, 0.1) is 0 Å². The van der Waals surface area contributed by atoms with Gasteiger partial charge in [-0.25, -0.2) is 4.79 Å². The Morgan fingerprint density at radius 3 is 2.68 bits per heavy atom. The molecule has 1 aliphatic heterocycles. The third kappa shape index (κ3) is 4.03. The Morgan fingerprint density at radius 2 is 2.09 bits per heavy atom. The molecule has 9 heteroatoms. The molecule has 0 spiro atoms. The summed E-state index contributed by atoms with van der Waals surface area (Å²) >= 11 is 0. The lowest BCUT2D eigenvalue weighted by Gasteiger charge is -2.15. The van der Waals surface area contributed by atoms with Crippen LogP contribution in [-0.2, 0) is 16.1 Å². The SMILES string of the molecule is C[C@@H]1OC(=O)N[C@H]1C(=O)NCc1ccccc1OC(F)(F)F. The van der Waals surface area contributed by atoms with Gasteiger partial charge in [-0.2, -0.15) is 0 Å². The van der Waals surface area contributed by atoms with E-state index in [1.54, 1.807) is 0 Å². The van der Waals surface area contributed by atoms with Crippen molar-refractivity contribution in [3.8, 4) is 5.75 Å². The summed E-state index contributed by atoms with van der Waals surface area (Å²) in [5.74, 6) is -0.949. The molecule has 22 heavy (non-hydrogen) atoms. The predicted molar refractivity (Wildman–Crippen MR) is 67.8 cm³/mol. The largest absolute Gasteiger partial charge is 0.573 e. The van der Waals surface area contributed by atoms with Crippen LogP contribution in [0.25, 0.3) is 0 Å². The molecule has 1 aromatic rings. The summed E-state index contributed by atoms with van der Waals surface area (Å²) in [4.78, 5) is 22.9. The van der Waals surface area contributed by atoms with Crippen LogP contribution < -0.4 is 15.4 Å². The number of nitrogens with one attached hydrogen (secondary N) is 2. The molecule has 0 unspecified atom stereocenters. The van der Waals surface area contributed by atoms with Crippen LogP contribution in [0, 0.1) is 0 Å². The van der Waals surface area contributed by atoms with Gasteiger partial charge in [-0.3, -0.25) is 4.79 Å². The monoisotopic (exact) mass is 318 g/mol. The van der Waals surface area contributed by atoms with Crippen LogP contribution in [0.3, 0.4) is 0 Å². The van der Waals surface area contributed by atoms with Gasteiger partial charge in [-0.15, -0.1) is 13.2 Å². The predicted octanol–water partition coefficient (Wildman–Crippen LogP) is 1.70. The number of halogens is 3. The molecule has 1 saturated heterocycles. The van der Waals surface area contributed by atoms with Crippen molar-refractivity contribution in [3.05, 3.63) is 29.8 Å². The van der Waals surface area contributed by atoms with Gasteiger partial charge in [-0.05, 0) is 13.0 Å². The average Bonchev–Trinajstić information content (AvgIpc) is 2.75. The van der Waals surface area contributed by atoms with Gasteiger partial charge in [0.15, 0.2) is 0 Å². The van der Waals surface area contributed by atoms with E-state index in [1.165, 1.54) is 25.1 Å². The third-order valence-corrected chi connectivity index (χ3v) is 2.97. The first kappa shape index (κ1) is 15.9. The van der Waals surface area contributed by atoms with E-state index >= 15 is 0 Å².